The van der Waals surface area contributed by atoms with E-state index in [0.29, 0.717) is 0 Å². The normalized spacial score (nSPS) is 10.8. The highest BCUT2D eigenvalue weighted by atomic mass is 15.1. The third kappa shape index (κ3) is 2.32. The van der Waals surface area contributed by atoms with Crippen LogP contribution < -0.4 is 5.32 Å². The molecule has 0 bridgehead atoms. The van der Waals surface area contributed by atoms with Gasteiger partial charge in [-0.1, -0.05) is 18.2 Å². The van der Waals surface area contributed by atoms with Gasteiger partial charge in [-0.2, -0.15) is 5.10 Å². The van der Waals surface area contributed by atoms with E-state index in [0.717, 1.165) is 23.1 Å². The molecule has 0 amide bonds. The molecule has 0 atom stereocenters. The predicted octanol–water partition coefficient (Wildman–Crippen LogP) is 3.79. The number of aromatic nitrogens is 2. The molecule has 0 spiro atoms. The third-order valence-electron chi connectivity index (χ3n) is 3.56. The van der Waals surface area contributed by atoms with Crippen molar-refractivity contribution in [2.45, 2.75) is 20.4 Å². The first kappa shape index (κ1) is 11.8. The lowest BCUT2D eigenvalue weighted by Crippen LogP contribution is -2.03. The van der Waals surface area contributed by atoms with Gasteiger partial charge in [0.2, 0.25) is 0 Å². The molecule has 3 nitrogen and oxygen atoms in total. The molecule has 2 aromatic carbocycles. The van der Waals surface area contributed by atoms with Crippen LogP contribution in [0, 0.1) is 13.8 Å². The molecule has 3 aromatic rings. The van der Waals surface area contributed by atoms with Crippen molar-refractivity contribution in [2.24, 2.45) is 0 Å². The molecule has 0 saturated heterocycles. The van der Waals surface area contributed by atoms with E-state index >= 15 is 0 Å². The molecule has 0 aliphatic heterocycles. The molecular weight excluding hydrogens is 234 g/mol. The third-order valence-corrected chi connectivity index (χ3v) is 3.56. The van der Waals surface area contributed by atoms with E-state index in [2.05, 4.69) is 65.8 Å². The molecule has 3 rings (SSSR count). The van der Waals surface area contributed by atoms with E-state index in [1.54, 1.807) is 0 Å². The number of benzene rings is 2. The number of nitrogens with zero attached hydrogens (tertiary/aromatic N) is 1. The maximum Gasteiger partial charge on any atom is 0.0670 e. The quantitative estimate of drug-likeness (QED) is 0.743. The minimum atomic E-state index is 0.845. The van der Waals surface area contributed by atoms with Gasteiger partial charge in [-0.05, 0) is 48.7 Å². The molecule has 0 fully saturated rings. The predicted molar refractivity (Wildman–Crippen MR) is 79.3 cm³/mol. The van der Waals surface area contributed by atoms with Gasteiger partial charge in [0.15, 0.2) is 0 Å². The van der Waals surface area contributed by atoms with Gasteiger partial charge in [-0.3, -0.25) is 5.10 Å². The number of hydrogen-bond acceptors (Lipinski definition) is 2. The van der Waals surface area contributed by atoms with E-state index in [-0.39, 0.29) is 0 Å². The average molecular weight is 251 g/mol. The fourth-order valence-electron chi connectivity index (χ4n) is 2.37. The zero-order chi connectivity index (χ0) is 13.2. The maximum atomic E-state index is 4.04. The summed E-state index contributed by atoms with van der Waals surface area (Å²) in [6, 6.07) is 12.7. The smallest absolute Gasteiger partial charge is 0.0670 e. The van der Waals surface area contributed by atoms with Crippen LogP contribution in [0.5, 0.6) is 0 Å². The van der Waals surface area contributed by atoms with Gasteiger partial charge in [0.1, 0.15) is 0 Å². The summed E-state index contributed by atoms with van der Waals surface area (Å²) in [6.45, 7) is 5.16. The first-order chi connectivity index (χ1) is 9.24. The van der Waals surface area contributed by atoms with E-state index in [1.165, 1.54) is 16.7 Å². The number of hydrogen-bond donors (Lipinski definition) is 2. The maximum absolute atomic E-state index is 4.04. The Bertz CT molecular complexity index is 693. The highest BCUT2D eigenvalue weighted by Gasteiger charge is 2.02. The summed E-state index contributed by atoms with van der Waals surface area (Å²) in [7, 11) is 0. The van der Waals surface area contributed by atoms with Crippen LogP contribution in [0.2, 0.25) is 0 Å². The van der Waals surface area contributed by atoms with Gasteiger partial charge in [0, 0.05) is 17.6 Å². The Morgan fingerprint density at radius 1 is 1.11 bits per heavy atom. The average Bonchev–Trinajstić information content (AvgIpc) is 2.85. The van der Waals surface area contributed by atoms with Crippen LogP contribution in [-0.2, 0) is 6.54 Å². The lowest BCUT2D eigenvalue weighted by Gasteiger charge is -2.12. The second-order valence-electron chi connectivity index (χ2n) is 4.90. The highest BCUT2D eigenvalue weighted by Crippen LogP contribution is 2.19. The summed E-state index contributed by atoms with van der Waals surface area (Å²) in [5, 5.41) is 11.6. The SMILES string of the molecule is Cc1cccc(C)c1CNc1ccc2cn[nH]c2c1. The number of aryl methyl sites for hydroxylation is 2. The summed E-state index contributed by atoms with van der Waals surface area (Å²) in [5.41, 5.74) is 6.20. The monoisotopic (exact) mass is 251 g/mol. The van der Waals surface area contributed by atoms with Gasteiger partial charge in [0.05, 0.1) is 11.7 Å². The first-order valence-electron chi connectivity index (χ1n) is 6.46. The molecule has 0 aliphatic rings. The first-order valence-corrected chi connectivity index (χ1v) is 6.46. The Kier molecular flexibility index (Phi) is 2.95. The van der Waals surface area contributed by atoms with Crippen LogP contribution in [0.3, 0.4) is 0 Å². The molecule has 19 heavy (non-hydrogen) atoms. The van der Waals surface area contributed by atoms with Crippen molar-refractivity contribution in [3.63, 3.8) is 0 Å². The van der Waals surface area contributed by atoms with Crippen LogP contribution in [0.1, 0.15) is 16.7 Å². The number of fused-ring (bicyclic) bond motifs is 1. The number of aromatic amines is 1. The summed E-state index contributed by atoms with van der Waals surface area (Å²) in [6.07, 6.45) is 1.84. The lowest BCUT2D eigenvalue weighted by molar-refractivity contribution is 1.09. The van der Waals surface area contributed by atoms with Crippen molar-refractivity contribution >= 4 is 16.6 Å². The van der Waals surface area contributed by atoms with Crippen molar-refractivity contribution in [1.82, 2.24) is 10.2 Å². The molecule has 1 aromatic heterocycles. The molecule has 3 heteroatoms. The Morgan fingerprint density at radius 2 is 1.89 bits per heavy atom. The van der Waals surface area contributed by atoms with Gasteiger partial charge in [-0.25, -0.2) is 0 Å². The minimum absolute atomic E-state index is 0.845. The Hall–Kier alpha value is -2.29. The van der Waals surface area contributed by atoms with E-state index in [4.69, 9.17) is 0 Å². The standard InChI is InChI=1S/C16H17N3/c1-11-4-3-5-12(2)15(11)10-17-14-7-6-13-9-18-19-16(13)8-14/h3-9,17H,10H2,1-2H3,(H,18,19). The molecular formula is C16H17N3. The van der Waals surface area contributed by atoms with Crippen molar-refractivity contribution in [1.29, 1.82) is 0 Å². The highest BCUT2D eigenvalue weighted by molar-refractivity contribution is 5.81. The molecule has 96 valence electrons. The van der Waals surface area contributed by atoms with Gasteiger partial charge in [-0.15, -0.1) is 0 Å². The van der Waals surface area contributed by atoms with Crippen molar-refractivity contribution in [3.8, 4) is 0 Å². The zero-order valence-corrected chi connectivity index (χ0v) is 11.2. The number of anilines is 1. The second-order valence-corrected chi connectivity index (χ2v) is 4.90. The van der Waals surface area contributed by atoms with Crippen molar-refractivity contribution in [2.75, 3.05) is 5.32 Å². The van der Waals surface area contributed by atoms with Gasteiger partial charge < -0.3 is 5.32 Å². The summed E-state index contributed by atoms with van der Waals surface area (Å²) in [4.78, 5) is 0. The molecule has 0 unspecified atom stereocenters. The van der Waals surface area contributed by atoms with Crippen LogP contribution in [0.4, 0.5) is 5.69 Å². The van der Waals surface area contributed by atoms with Crippen LogP contribution in [0.15, 0.2) is 42.6 Å². The number of nitrogens with one attached hydrogen (secondary N) is 2. The largest absolute Gasteiger partial charge is 0.381 e. The second kappa shape index (κ2) is 4.76. The summed E-state index contributed by atoms with van der Waals surface area (Å²) < 4.78 is 0. The van der Waals surface area contributed by atoms with Crippen molar-refractivity contribution < 1.29 is 0 Å². The van der Waals surface area contributed by atoms with E-state index in [1.807, 2.05) is 6.20 Å². The van der Waals surface area contributed by atoms with Crippen molar-refractivity contribution in [3.05, 3.63) is 59.3 Å². The number of H-pyrrole nitrogens is 1. The van der Waals surface area contributed by atoms with Crippen LogP contribution in [-0.4, -0.2) is 10.2 Å². The number of rotatable bonds is 3. The fraction of sp³-hybridized carbons (Fsp3) is 0.188. The lowest BCUT2D eigenvalue weighted by atomic mass is 10.0. The van der Waals surface area contributed by atoms with Crippen LogP contribution in [0.25, 0.3) is 10.9 Å². The van der Waals surface area contributed by atoms with Crippen LogP contribution >= 0.6 is 0 Å². The van der Waals surface area contributed by atoms with Gasteiger partial charge in [0.25, 0.3) is 0 Å². The topological polar surface area (TPSA) is 40.7 Å². The minimum Gasteiger partial charge on any atom is -0.381 e. The molecule has 1 heterocycles. The Morgan fingerprint density at radius 3 is 2.68 bits per heavy atom. The van der Waals surface area contributed by atoms with E-state index in [9.17, 15) is 0 Å². The molecule has 0 radical (unpaired) electrons. The summed E-state index contributed by atoms with van der Waals surface area (Å²) in [5.74, 6) is 0. The Labute approximate surface area is 112 Å². The van der Waals surface area contributed by atoms with Gasteiger partial charge >= 0.3 is 0 Å². The zero-order valence-electron chi connectivity index (χ0n) is 11.2. The molecule has 2 N–H and O–H groups in total. The molecule has 0 saturated carbocycles. The Balaban J connectivity index is 1.82. The summed E-state index contributed by atoms with van der Waals surface area (Å²) >= 11 is 0. The van der Waals surface area contributed by atoms with E-state index < -0.39 is 0 Å². The molecule has 0 aliphatic carbocycles. The fourth-order valence-corrected chi connectivity index (χ4v) is 2.37.